The molecule has 0 rings (SSSR count). The number of rotatable bonds is 24. The maximum absolute atomic E-state index is 11.7. The van der Waals surface area contributed by atoms with Crippen molar-refractivity contribution < 1.29 is 60.3 Å². The van der Waals surface area contributed by atoms with Crippen LogP contribution in [-0.4, -0.2) is 67.9 Å². The molecule has 0 aromatic rings. The molecule has 0 radical (unpaired) electrons. The molecule has 19 heteroatoms. The van der Waals surface area contributed by atoms with Crippen LogP contribution in [0.1, 0.15) is 45.4 Å². The third kappa shape index (κ3) is 18.1. The predicted octanol–water partition coefficient (Wildman–Crippen LogP) is 1.50. The Morgan fingerprint density at radius 3 is 1.20 bits per heavy atom. The fourth-order valence-corrected chi connectivity index (χ4v) is 5.05. The van der Waals surface area contributed by atoms with E-state index in [4.69, 9.17) is 35.5 Å². The first kappa shape index (κ1) is 35.2. The second kappa shape index (κ2) is 18.4. The van der Waals surface area contributed by atoms with E-state index in [0.29, 0.717) is 45.1 Å². The lowest BCUT2D eigenvalue weighted by Crippen LogP contribution is -2.29. The summed E-state index contributed by atoms with van der Waals surface area (Å²) in [5.74, 6) is 0. The first-order valence-corrected chi connectivity index (χ1v) is 15.4. The van der Waals surface area contributed by atoms with E-state index >= 15 is 0 Å². The summed E-state index contributed by atoms with van der Waals surface area (Å²) in [5, 5.41) is 0. The summed E-state index contributed by atoms with van der Waals surface area (Å²) in [6, 6.07) is 0. The number of phosphoric ester groups is 3. The van der Waals surface area contributed by atoms with Gasteiger partial charge in [-0.3, -0.25) is 27.1 Å². The summed E-state index contributed by atoms with van der Waals surface area (Å²) in [6.07, 6.45) is 2.33. The van der Waals surface area contributed by atoms with Crippen molar-refractivity contribution >= 4 is 23.5 Å². The molecule has 0 aliphatic rings. The maximum atomic E-state index is 11.7. The van der Waals surface area contributed by atoms with Crippen molar-refractivity contribution in [2.45, 2.75) is 45.4 Å². The first-order valence-electron chi connectivity index (χ1n) is 10.9. The van der Waals surface area contributed by atoms with E-state index in [-0.39, 0.29) is 26.4 Å². The van der Waals surface area contributed by atoms with Crippen molar-refractivity contribution in [1.29, 1.82) is 0 Å². The lowest BCUT2D eigenvalue weighted by Gasteiger charge is -2.34. The van der Waals surface area contributed by atoms with Crippen molar-refractivity contribution in [2.24, 2.45) is 22.6 Å². The number of phosphoric acid groups is 3. The Labute approximate surface area is 205 Å². The minimum Gasteiger partial charge on any atom is -0.381 e. The molecule has 35 heavy (non-hydrogen) atoms. The molecule has 0 aliphatic carbocycles. The molecule has 0 spiro atoms. The average Bonchev–Trinajstić information content (AvgIpc) is 2.75. The average molecular weight is 575 g/mol. The van der Waals surface area contributed by atoms with Gasteiger partial charge in [0.2, 0.25) is 0 Å². The van der Waals surface area contributed by atoms with E-state index in [9.17, 15) is 28.4 Å². The van der Waals surface area contributed by atoms with Crippen LogP contribution in [0.25, 0.3) is 0 Å². The van der Waals surface area contributed by atoms with Gasteiger partial charge in [-0.15, -0.1) is 0 Å². The van der Waals surface area contributed by atoms with E-state index in [1.165, 1.54) is 0 Å². The molecule has 0 heterocycles. The second-order valence-electron chi connectivity index (χ2n) is 7.24. The Bertz CT molecular complexity index is 619. The van der Waals surface area contributed by atoms with Gasteiger partial charge < -0.3 is 36.6 Å². The molecule has 0 saturated heterocycles. The van der Waals surface area contributed by atoms with Gasteiger partial charge in [0.1, 0.15) is 20.2 Å². The molecule has 16 nitrogen and oxygen atoms in total. The van der Waals surface area contributed by atoms with E-state index in [0.717, 1.165) is 0 Å². The fourth-order valence-electron chi connectivity index (χ4n) is 3.19. The van der Waals surface area contributed by atoms with Crippen LogP contribution in [-0.2, 0) is 45.6 Å². The highest BCUT2D eigenvalue weighted by Crippen LogP contribution is 2.46. The van der Waals surface area contributed by atoms with Crippen LogP contribution in [0.2, 0.25) is 0 Å². The van der Waals surface area contributed by atoms with Gasteiger partial charge in [-0.05, 0) is 50.9 Å². The Balaban J connectivity index is 5.16. The van der Waals surface area contributed by atoms with Crippen LogP contribution >= 0.6 is 23.5 Å². The Hall–Kier alpha value is 0.170. The van der Waals surface area contributed by atoms with Crippen LogP contribution in [0.3, 0.4) is 0 Å². The minimum absolute atomic E-state index is 0.110. The van der Waals surface area contributed by atoms with Crippen LogP contribution in [0.4, 0.5) is 0 Å². The molecular formula is C16H40N3O13P3. The van der Waals surface area contributed by atoms with Crippen molar-refractivity contribution in [2.75, 3.05) is 53.2 Å². The zero-order valence-electron chi connectivity index (χ0n) is 19.9. The van der Waals surface area contributed by atoms with E-state index < -0.39 is 49.1 Å². The lowest BCUT2D eigenvalue weighted by molar-refractivity contribution is 0.0194. The molecule has 0 saturated carbocycles. The molecule has 3 atom stereocenters. The third-order valence-corrected chi connectivity index (χ3v) is 7.60. The normalized spacial score (nSPS) is 18.9. The quantitative estimate of drug-likeness (QED) is 0.0541. The number of hydrogen-bond donors (Lipinski definition) is 6. The monoisotopic (exact) mass is 575 g/mol. The summed E-state index contributed by atoms with van der Waals surface area (Å²) < 4.78 is 68.7. The highest BCUT2D eigenvalue weighted by molar-refractivity contribution is 7.47. The molecule has 0 fully saturated rings. The number of nitrogens with two attached hydrogens (primary N) is 3. The zero-order valence-corrected chi connectivity index (χ0v) is 22.6. The van der Waals surface area contributed by atoms with Gasteiger partial charge in [0.25, 0.3) is 0 Å². The van der Waals surface area contributed by atoms with Crippen molar-refractivity contribution in [3.05, 3.63) is 0 Å². The fraction of sp³-hybridized carbons (Fsp3) is 1.00. The maximum Gasteiger partial charge on any atom is 0.473 e. The molecule has 0 aromatic carbocycles. The molecule has 3 unspecified atom stereocenters. The van der Waals surface area contributed by atoms with Gasteiger partial charge in [0.15, 0.2) is 0 Å². The summed E-state index contributed by atoms with van der Waals surface area (Å²) in [6.45, 7) is 0.723. The Morgan fingerprint density at radius 1 is 0.629 bits per heavy atom. The summed E-state index contributed by atoms with van der Waals surface area (Å²) in [4.78, 5) is 28.5. The third-order valence-electron chi connectivity index (χ3n) is 4.64. The molecule has 0 amide bonds. The van der Waals surface area contributed by atoms with Crippen LogP contribution in [0.15, 0.2) is 0 Å². The number of ether oxygens (including phenoxy) is 1. The molecule has 0 aromatic heterocycles. The van der Waals surface area contributed by atoms with Gasteiger partial charge in [0, 0.05) is 6.61 Å². The summed E-state index contributed by atoms with van der Waals surface area (Å²) in [7, 11) is -12.8. The van der Waals surface area contributed by atoms with Crippen LogP contribution in [0.5, 0.6) is 0 Å². The van der Waals surface area contributed by atoms with E-state index in [1.807, 2.05) is 6.92 Å². The molecule has 212 valence electrons. The van der Waals surface area contributed by atoms with Crippen LogP contribution in [0, 0.1) is 5.41 Å². The highest BCUT2D eigenvalue weighted by Gasteiger charge is 2.31. The van der Waals surface area contributed by atoms with Crippen molar-refractivity contribution in [3.63, 3.8) is 0 Å². The Morgan fingerprint density at radius 2 is 0.943 bits per heavy atom. The predicted molar refractivity (Wildman–Crippen MR) is 124 cm³/mol. The molecule has 0 aliphatic heterocycles. The first-order chi connectivity index (χ1) is 16.4. The zero-order chi connectivity index (χ0) is 26.8. The summed E-state index contributed by atoms with van der Waals surface area (Å²) >= 11 is 0. The van der Waals surface area contributed by atoms with Gasteiger partial charge in [0.05, 0.1) is 26.4 Å². The SMILES string of the molecule is CCOCC(CCCOP(=O)(O)OCN)(CCCOP(=O)(O)OCN)CCCOP(=O)(O)OCN. The van der Waals surface area contributed by atoms with Gasteiger partial charge in [-0.1, -0.05) is 0 Å². The lowest BCUT2D eigenvalue weighted by atomic mass is 9.76. The van der Waals surface area contributed by atoms with Crippen LogP contribution < -0.4 is 17.2 Å². The second-order valence-corrected chi connectivity index (χ2v) is 11.6. The smallest absolute Gasteiger partial charge is 0.381 e. The van der Waals surface area contributed by atoms with Gasteiger partial charge in [-0.25, -0.2) is 13.7 Å². The highest BCUT2D eigenvalue weighted by atomic mass is 31.2. The standard InChI is InChI=1S/C16H40N3O13P3/c1-2-26-12-16(6-3-9-27-33(20,21)30-13-17,7-4-10-28-34(22,23)31-14-18)8-5-11-29-35(24,25)32-15-19/h2-15,17-19H2,1H3,(H,20,21)(H,22,23)(H,24,25). The number of hydrogen-bond acceptors (Lipinski definition) is 13. The van der Waals surface area contributed by atoms with Gasteiger partial charge in [-0.2, -0.15) is 0 Å². The van der Waals surface area contributed by atoms with Crippen molar-refractivity contribution in [3.8, 4) is 0 Å². The molecule has 9 N–H and O–H groups in total. The van der Waals surface area contributed by atoms with E-state index in [1.54, 1.807) is 0 Å². The van der Waals surface area contributed by atoms with E-state index in [2.05, 4.69) is 13.6 Å². The molecule has 0 bridgehead atoms. The molecular weight excluding hydrogens is 535 g/mol. The largest absolute Gasteiger partial charge is 0.473 e. The topological polar surface area (TPSA) is 255 Å². The van der Waals surface area contributed by atoms with Crippen molar-refractivity contribution in [1.82, 2.24) is 0 Å². The minimum atomic E-state index is -4.26. The van der Waals surface area contributed by atoms with Gasteiger partial charge >= 0.3 is 23.5 Å². The summed E-state index contributed by atoms with van der Waals surface area (Å²) in [5.41, 5.74) is 14.7. The Kier molecular flexibility index (Phi) is 18.5.